The van der Waals surface area contributed by atoms with Crippen LogP contribution in [0, 0.1) is 5.82 Å². The van der Waals surface area contributed by atoms with E-state index in [-0.39, 0.29) is 5.82 Å². The molecule has 1 aromatic carbocycles. The summed E-state index contributed by atoms with van der Waals surface area (Å²) >= 11 is 8.93. The molecule has 0 aliphatic heterocycles. The molecule has 0 amide bonds. The van der Waals surface area contributed by atoms with Crippen LogP contribution in [0.2, 0.25) is 5.02 Å². The predicted octanol–water partition coefficient (Wildman–Crippen LogP) is 3.44. The Hall–Kier alpha value is -0.120. The first kappa shape index (κ1) is 11.0. The number of hydrogen-bond donors (Lipinski definition) is 1. The molecule has 2 N–H and O–H groups in total. The smallest absolute Gasteiger partial charge is 0.138 e. The molecule has 1 nitrogen and oxygen atoms in total. The zero-order chi connectivity index (χ0) is 10.2. The summed E-state index contributed by atoms with van der Waals surface area (Å²) in [6.07, 6.45) is 0. The van der Waals surface area contributed by atoms with Crippen LogP contribution in [0.4, 0.5) is 4.39 Å². The van der Waals surface area contributed by atoms with Gasteiger partial charge in [-0.3, -0.25) is 0 Å². The molecule has 1 rings (SSSR count). The van der Waals surface area contributed by atoms with Crippen LogP contribution in [-0.4, -0.2) is 0 Å². The minimum atomic E-state index is -0.562. The van der Waals surface area contributed by atoms with E-state index in [9.17, 15) is 4.39 Å². The van der Waals surface area contributed by atoms with Crippen LogP contribution >= 0.6 is 27.5 Å². The molecule has 13 heavy (non-hydrogen) atoms. The first-order valence-electron chi connectivity index (χ1n) is 3.76. The van der Waals surface area contributed by atoms with E-state index in [0.29, 0.717) is 9.50 Å². The van der Waals surface area contributed by atoms with Gasteiger partial charge in [0.2, 0.25) is 0 Å². The van der Waals surface area contributed by atoms with Crippen LogP contribution in [0.25, 0.3) is 0 Å². The van der Waals surface area contributed by atoms with Crippen LogP contribution in [0.1, 0.15) is 19.4 Å². The summed E-state index contributed by atoms with van der Waals surface area (Å²) in [5.74, 6) is -0.377. The largest absolute Gasteiger partial charge is 0.322 e. The third-order valence-corrected chi connectivity index (χ3v) is 2.62. The Bertz CT molecular complexity index is 333. The molecule has 0 bridgehead atoms. The third kappa shape index (κ3) is 2.42. The van der Waals surface area contributed by atoms with Crippen LogP contribution in [-0.2, 0) is 5.54 Å². The fourth-order valence-corrected chi connectivity index (χ4v) is 1.75. The van der Waals surface area contributed by atoms with Gasteiger partial charge in [0.1, 0.15) is 5.82 Å². The highest BCUT2D eigenvalue weighted by atomic mass is 79.9. The highest BCUT2D eigenvalue weighted by Crippen LogP contribution is 2.30. The van der Waals surface area contributed by atoms with Crippen molar-refractivity contribution in [3.8, 4) is 0 Å². The van der Waals surface area contributed by atoms with Gasteiger partial charge in [-0.25, -0.2) is 4.39 Å². The summed E-state index contributed by atoms with van der Waals surface area (Å²) < 4.78 is 13.4. The average molecular weight is 267 g/mol. The summed E-state index contributed by atoms with van der Waals surface area (Å²) in [6, 6.07) is 2.87. The fraction of sp³-hybridized carbons (Fsp3) is 0.333. The lowest BCUT2D eigenvalue weighted by molar-refractivity contribution is 0.549. The minimum absolute atomic E-state index is 0.355. The van der Waals surface area contributed by atoms with E-state index in [4.69, 9.17) is 17.3 Å². The zero-order valence-electron chi connectivity index (χ0n) is 7.37. The number of hydrogen-bond acceptors (Lipinski definition) is 1. The van der Waals surface area contributed by atoms with Crippen LogP contribution < -0.4 is 5.73 Å². The number of benzene rings is 1. The van der Waals surface area contributed by atoms with Crippen molar-refractivity contribution in [3.05, 3.63) is 33.0 Å². The molecule has 0 aliphatic carbocycles. The summed E-state index contributed by atoms with van der Waals surface area (Å²) in [7, 11) is 0. The standard InChI is InChI=1S/C9H10BrClFN/c1-9(2,13)5-3-6(10)8(12)4-7(5)11/h3-4H,13H2,1-2H3. The monoisotopic (exact) mass is 265 g/mol. The predicted molar refractivity (Wildman–Crippen MR) is 56.3 cm³/mol. The number of rotatable bonds is 1. The van der Waals surface area contributed by atoms with Crippen molar-refractivity contribution >= 4 is 27.5 Å². The van der Waals surface area contributed by atoms with E-state index in [1.165, 1.54) is 6.07 Å². The van der Waals surface area contributed by atoms with Gasteiger partial charge in [0.05, 0.1) is 4.47 Å². The molecule has 0 aliphatic rings. The van der Waals surface area contributed by atoms with Gasteiger partial charge in [0.15, 0.2) is 0 Å². The van der Waals surface area contributed by atoms with Gasteiger partial charge in [0, 0.05) is 10.6 Å². The lowest BCUT2D eigenvalue weighted by Gasteiger charge is -2.21. The van der Waals surface area contributed by atoms with E-state index in [2.05, 4.69) is 15.9 Å². The maximum Gasteiger partial charge on any atom is 0.138 e. The molecule has 72 valence electrons. The second kappa shape index (κ2) is 3.56. The summed E-state index contributed by atoms with van der Waals surface area (Å²) in [5.41, 5.74) is 6.01. The zero-order valence-corrected chi connectivity index (χ0v) is 9.71. The van der Waals surface area contributed by atoms with Gasteiger partial charge in [-0.05, 0) is 47.5 Å². The minimum Gasteiger partial charge on any atom is -0.322 e. The van der Waals surface area contributed by atoms with Crippen molar-refractivity contribution < 1.29 is 4.39 Å². The highest BCUT2D eigenvalue weighted by Gasteiger charge is 2.19. The van der Waals surface area contributed by atoms with E-state index in [1.54, 1.807) is 6.07 Å². The van der Waals surface area contributed by atoms with Gasteiger partial charge in [-0.2, -0.15) is 0 Å². The van der Waals surface area contributed by atoms with E-state index >= 15 is 0 Å². The highest BCUT2D eigenvalue weighted by molar-refractivity contribution is 9.10. The van der Waals surface area contributed by atoms with Gasteiger partial charge in [-0.15, -0.1) is 0 Å². The Morgan fingerprint density at radius 1 is 1.46 bits per heavy atom. The molecule has 1 aromatic rings. The van der Waals surface area contributed by atoms with Crippen molar-refractivity contribution in [2.45, 2.75) is 19.4 Å². The molecule has 0 aromatic heterocycles. The fourth-order valence-electron chi connectivity index (χ4n) is 1.02. The molecule has 0 fully saturated rings. The summed E-state index contributed by atoms with van der Waals surface area (Å²) in [6.45, 7) is 3.64. The topological polar surface area (TPSA) is 26.0 Å². The van der Waals surface area contributed by atoms with Crippen LogP contribution in [0.3, 0.4) is 0 Å². The van der Waals surface area contributed by atoms with Crippen LogP contribution in [0.15, 0.2) is 16.6 Å². The Morgan fingerprint density at radius 3 is 2.46 bits per heavy atom. The van der Waals surface area contributed by atoms with Crippen molar-refractivity contribution in [3.63, 3.8) is 0 Å². The Labute approximate surface area is 90.2 Å². The molecule has 4 heteroatoms. The lowest BCUT2D eigenvalue weighted by atomic mass is 9.96. The lowest BCUT2D eigenvalue weighted by Crippen LogP contribution is -2.29. The number of nitrogens with two attached hydrogens (primary N) is 1. The molecular weight excluding hydrogens is 256 g/mol. The van der Waals surface area contributed by atoms with E-state index in [0.717, 1.165) is 5.56 Å². The molecule has 0 unspecified atom stereocenters. The van der Waals surface area contributed by atoms with Gasteiger partial charge < -0.3 is 5.73 Å². The Kier molecular flexibility index (Phi) is 3.00. The van der Waals surface area contributed by atoms with Crippen molar-refractivity contribution in [1.29, 1.82) is 0 Å². The molecule has 0 atom stereocenters. The summed E-state index contributed by atoms with van der Waals surface area (Å²) in [4.78, 5) is 0. The molecule has 0 spiro atoms. The van der Waals surface area contributed by atoms with Gasteiger partial charge in [0.25, 0.3) is 0 Å². The molecule has 0 saturated carbocycles. The first-order valence-corrected chi connectivity index (χ1v) is 4.93. The normalized spacial score (nSPS) is 11.8. The molecule has 0 heterocycles. The van der Waals surface area contributed by atoms with E-state index < -0.39 is 5.54 Å². The second-order valence-corrected chi connectivity index (χ2v) is 4.73. The van der Waals surface area contributed by atoms with Crippen molar-refractivity contribution in [2.75, 3.05) is 0 Å². The van der Waals surface area contributed by atoms with Crippen molar-refractivity contribution in [2.24, 2.45) is 5.73 Å². The van der Waals surface area contributed by atoms with Gasteiger partial charge in [-0.1, -0.05) is 11.6 Å². The van der Waals surface area contributed by atoms with Crippen molar-refractivity contribution in [1.82, 2.24) is 0 Å². The molecule has 0 radical (unpaired) electrons. The Morgan fingerprint density at radius 2 is 2.00 bits per heavy atom. The molecular formula is C9H10BrClFN. The SMILES string of the molecule is CC(C)(N)c1cc(Br)c(F)cc1Cl. The van der Waals surface area contributed by atoms with Crippen LogP contribution in [0.5, 0.6) is 0 Å². The second-order valence-electron chi connectivity index (χ2n) is 3.47. The average Bonchev–Trinajstić information content (AvgIpc) is 1.94. The number of halogens is 3. The maximum atomic E-state index is 13.0. The third-order valence-electron chi connectivity index (χ3n) is 1.70. The quantitative estimate of drug-likeness (QED) is 0.774. The van der Waals surface area contributed by atoms with Gasteiger partial charge >= 0.3 is 0 Å². The first-order chi connectivity index (χ1) is 5.82. The van der Waals surface area contributed by atoms with E-state index in [1.807, 2.05) is 13.8 Å². The molecule has 0 saturated heterocycles. The Balaban J connectivity index is 3.32. The summed E-state index contributed by atoms with van der Waals surface area (Å²) in [5, 5.41) is 0.355. The maximum absolute atomic E-state index is 13.0.